The molecule has 1 N–H and O–H groups in total. The summed E-state index contributed by atoms with van der Waals surface area (Å²) < 4.78 is 5.35. The Bertz CT molecular complexity index is 421. The van der Waals surface area contributed by atoms with E-state index in [-0.39, 0.29) is 18.7 Å². The maximum Gasteiger partial charge on any atom is 0.410 e. The van der Waals surface area contributed by atoms with Crippen molar-refractivity contribution in [1.29, 1.82) is 0 Å². The fourth-order valence-electron chi connectivity index (χ4n) is 2.63. The van der Waals surface area contributed by atoms with E-state index in [2.05, 4.69) is 6.92 Å². The van der Waals surface area contributed by atoms with Crippen molar-refractivity contribution in [3.05, 3.63) is 35.9 Å². The fraction of sp³-hybridized carbons (Fsp3) is 0.562. The summed E-state index contributed by atoms with van der Waals surface area (Å²) in [7, 11) is 0. The van der Waals surface area contributed by atoms with Gasteiger partial charge in [0.1, 0.15) is 6.61 Å². The molecule has 1 amide bonds. The van der Waals surface area contributed by atoms with E-state index < -0.39 is 6.10 Å². The van der Waals surface area contributed by atoms with E-state index >= 15 is 0 Å². The van der Waals surface area contributed by atoms with E-state index in [4.69, 9.17) is 4.74 Å². The third-order valence-electron chi connectivity index (χ3n) is 3.80. The highest BCUT2D eigenvalue weighted by atomic mass is 16.6. The molecule has 0 radical (unpaired) electrons. The lowest BCUT2D eigenvalue weighted by atomic mass is 10.1. The predicted molar refractivity (Wildman–Crippen MR) is 77.3 cm³/mol. The second-order valence-corrected chi connectivity index (χ2v) is 5.30. The highest BCUT2D eigenvalue weighted by Crippen LogP contribution is 2.23. The average molecular weight is 277 g/mol. The third-order valence-corrected chi connectivity index (χ3v) is 3.80. The number of likely N-dealkylation sites (tertiary alicyclic amines) is 1. The number of unbranched alkanes of at least 4 members (excludes halogenated alkanes) is 1. The summed E-state index contributed by atoms with van der Waals surface area (Å²) in [5.41, 5.74) is 0.978. The van der Waals surface area contributed by atoms with Crippen molar-refractivity contribution in [2.75, 3.05) is 6.54 Å². The molecule has 1 saturated heterocycles. The smallest absolute Gasteiger partial charge is 0.410 e. The monoisotopic (exact) mass is 277 g/mol. The van der Waals surface area contributed by atoms with Gasteiger partial charge in [0.05, 0.1) is 12.1 Å². The van der Waals surface area contributed by atoms with Gasteiger partial charge in [-0.1, -0.05) is 50.1 Å². The predicted octanol–water partition coefficient (Wildman–Crippen LogP) is 2.95. The molecule has 1 aliphatic heterocycles. The fourth-order valence-corrected chi connectivity index (χ4v) is 2.63. The van der Waals surface area contributed by atoms with E-state index in [1.165, 1.54) is 0 Å². The maximum absolute atomic E-state index is 12.1. The first-order valence-electron chi connectivity index (χ1n) is 7.37. The summed E-state index contributed by atoms with van der Waals surface area (Å²) >= 11 is 0. The Morgan fingerprint density at radius 1 is 1.40 bits per heavy atom. The van der Waals surface area contributed by atoms with Crippen LogP contribution in [0, 0.1) is 0 Å². The minimum atomic E-state index is -0.411. The lowest BCUT2D eigenvalue weighted by Gasteiger charge is -2.25. The van der Waals surface area contributed by atoms with Crippen LogP contribution >= 0.6 is 0 Å². The molecule has 2 unspecified atom stereocenters. The molecule has 20 heavy (non-hydrogen) atoms. The van der Waals surface area contributed by atoms with Crippen LogP contribution in [0.5, 0.6) is 0 Å². The van der Waals surface area contributed by atoms with Gasteiger partial charge in [-0.25, -0.2) is 4.79 Å². The molecule has 0 saturated carbocycles. The van der Waals surface area contributed by atoms with E-state index in [0.717, 1.165) is 24.8 Å². The number of rotatable bonds is 5. The second-order valence-electron chi connectivity index (χ2n) is 5.30. The Hall–Kier alpha value is -1.55. The van der Waals surface area contributed by atoms with Gasteiger partial charge < -0.3 is 14.7 Å². The summed E-state index contributed by atoms with van der Waals surface area (Å²) in [4.78, 5) is 13.8. The maximum atomic E-state index is 12.1. The summed E-state index contributed by atoms with van der Waals surface area (Å²) in [6.45, 7) is 2.98. The zero-order valence-corrected chi connectivity index (χ0v) is 12.0. The number of aliphatic hydroxyl groups excluding tert-OH is 1. The van der Waals surface area contributed by atoms with Crippen molar-refractivity contribution in [1.82, 2.24) is 4.90 Å². The first-order chi connectivity index (χ1) is 9.72. The second kappa shape index (κ2) is 7.29. The molecule has 4 heteroatoms. The van der Waals surface area contributed by atoms with Gasteiger partial charge in [-0.2, -0.15) is 0 Å². The van der Waals surface area contributed by atoms with Crippen molar-refractivity contribution in [3.8, 4) is 0 Å². The van der Waals surface area contributed by atoms with Crippen LogP contribution in [-0.4, -0.2) is 34.8 Å². The molecule has 1 aromatic carbocycles. The van der Waals surface area contributed by atoms with Crippen molar-refractivity contribution in [2.45, 2.75) is 51.4 Å². The Labute approximate surface area is 120 Å². The van der Waals surface area contributed by atoms with Crippen LogP contribution in [-0.2, 0) is 11.3 Å². The van der Waals surface area contributed by atoms with Gasteiger partial charge in [0.25, 0.3) is 0 Å². The molecular formula is C16H23NO3. The van der Waals surface area contributed by atoms with Crippen molar-refractivity contribution in [3.63, 3.8) is 0 Å². The number of carbonyl (C=O) groups is 1. The van der Waals surface area contributed by atoms with Crippen molar-refractivity contribution in [2.24, 2.45) is 0 Å². The van der Waals surface area contributed by atoms with Gasteiger partial charge in [0.15, 0.2) is 0 Å². The Kier molecular flexibility index (Phi) is 5.41. The number of hydrogen-bond acceptors (Lipinski definition) is 3. The van der Waals surface area contributed by atoms with E-state index in [0.29, 0.717) is 13.0 Å². The standard InChI is InChI=1S/C16H23NO3/c1-2-3-9-14-15(18)10-11-17(14)16(19)20-12-13-7-5-4-6-8-13/h4-8,14-15,18H,2-3,9-12H2,1H3. The van der Waals surface area contributed by atoms with Crippen LogP contribution in [0.15, 0.2) is 30.3 Å². The van der Waals surface area contributed by atoms with Gasteiger partial charge in [0.2, 0.25) is 0 Å². The highest BCUT2D eigenvalue weighted by Gasteiger charge is 2.36. The molecule has 2 atom stereocenters. The Morgan fingerprint density at radius 3 is 2.85 bits per heavy atom. The van der Waals surface area contributed by atoms with Crippen LogP contribution in [0.3, 0.4) is 0 Å². The number of aliphatic hydroxyl groups is 1. The molecule has 1 fully saturated rings. The minimum absolute atomic E-state index is 0.0850. The minimum Gasteiger partial charge on any atom is -0.445 e. The zero-order valence-electron chi connectivity index (χ0n) is 12.0. The molecule has 2 rings (SSSR count). The number of amides is 1. The highest BCUT2D eigenvalue weighted by molar-refractivity contribution is 5.68. The van der Waals surface area contributed by atoms with Crippen LogP contribution in [0.4, 0.5) is 4.79 Å². The topological polar surface area (TPSA) is 49.8 Å². The SMILES string of the molecule is CCCCC1C(O)CCN1C(=O)OCc1ccccc1. The lowest BCUT2D eigenvalue weighted by Crippen LogP contribution is -2.39. The molecule has 110 valence electrons. The molecular weight excluding hydrogens is 254 g/mol. The largest absolute Gasteiger partial charge is 0.445 e. The Balaban J connectivity index is 1.87. The molecule has 4 nitrogen and oxygen atoms in total. The van der Waals surface area contributed by atoms with E-state index in [1.807, 2.05) is 30.3 Å². The van der Waals surface area contributed by atoms with Gasteiger partial charge >= 0.3 is 6.09 Å². The van der Waals surface area contributed by atoms with Crippen LogP contribution in [0.25, 0.3) is 0 Å². The van der Waals surface area contributed by atoms with Crippen LogP contribution < -0.4 is 0 Å². The molecule has 1 aliphatic rings. The van der Waals surface area contributed by atoms with Crippen LogP contribution in [0.2, 0.25) is 0 Å². The summed E-state index contributed by atoms with van der Waals surface area (Å²) in [5.74, 6) is 0. The van der Waals surface area contributed by atoms with Gasteiger partial charge in [0, 0.05) is 6.54 Å². The molecule has 1 heterocycles. The number of benzene rings is 1. The number of carbonyl (C=O) groups excluding carboxylic acids is 1. The first-order valence-corrected chi connectivity index (χ1v) is 7.37. The summed E-state index contributed by atoms with van der Waals surface area (Å²) in [5, 5.41) is 9.97. The number of nitrogens with zero attached hydrogens (tertiary/aromatic N) is 1. The number of hydrogen-bond donors (Lipinski definition) is 1. The van der Waals surface area contributed by atoms with Crippen molar-refractivity contribution < 1.29 is 14.6 Å². The first kappa shape index (κ1) is 14.9. The van der Waals surface area contributed by atoms with Gasteiger partial charge in [-0.3, -0.25) is 0 Å². The molecule has 0 aromatic heterocycles. The number of ether oxygens (including phenoxy) is 1. The molecule has 0 bridgehead atoms. The zero-order chi connectivity index (χ0) is 14.4. The summed E-state index contributed by atoms with van der Waals surface area (Å²) in [6, 6.07) is 9.56. The lowest BCUT2D eigenvalue weighted by molar-refractivity contribution is 0.0683. The average Bonchev–Trinajstić information content (AvgIpc) is 2.85. The normalized spacial score (nSPS) is 22.0. The third kappa shape index (κ3) is 3.73. The van der Waals surface area contributed by atoms with E-state index in [1.54, 1.807) is 4.90 Å². The molecule has 0 spiro atoms. The quantitative estimate of drug-likeness (QED) is 0.900. The van der Waals surface area contributed by atoms with Crippen LogP contribution in [0.1, 0.15) is 38.2 Å². The van der Waals surface area contributed by atoms with Gasteiger partial charge in [-0.05, 0) is 18.4 Å². The summed E-state index contributed by atoms with van der Waals surface area (Å²) in [6.07, 6.45) is 2.85. The molecule has 0 aliphatic carbocycles. The Morgan fingerprint density at radius 2 is 2.15 bits per heavy atom. The molecule has 1 aromatic rings. The van der Waals surface area contributed by atoms with Crippen molar-refractivity contribution >= 4 is 6.09 Å². The van der Waals surface area contributed by atoms with E-state index in [9.17, 15) is 9.90 Å². The van der Waals surface area contributed by atoms with Gasteiger partial charge in [-0.15, -0.1) is 0 Å².